The molecule has 1 atom stereocenters. The lowest BCUT2D eigenvalue weighted by molar-refractivity contribution is 0.118. The van der Waals surface area contributed by atoms with E-state index < -0.39 is 6.17 Å². The SMILES string of the molecule is CC(F)CCCCCCCCCCCCCCCCOCCCC(C)(C)C. The molecule has 0 aromatic heterocycles. The summed E-state index contributed by atoms with van der Waals surface area (Å²) in [5.41, 5.74) is 0.444. The molecule has 1 nitrogen and oxygen atoms in total. The summed E-state index contributed by atoms with van der Waals surface area (Å²) in [4.78, 5) is 0. The number of alkyl halides is 1. The predicted molar refractivity (Wildman–Crippen MR) is 119 cm³/mol. The third kappa shape index (κ3) is 25.9. The number of ether oxygens (including phenoxy) is 1. The Morgan fingerprint density at radius 2 is 0.963 bits per heavy atom. The Hall–Kier alpha value is -0.110. The van der Waals surface area contributed by atoms with E-state index in [4.69, 9.17) is 4.74 Å². The van der Waals surface area contributed by atoms with Crippen molar-refractivity contribution < 1.29 is 9.13 Å². The van der Waals surface area contributed by atoms with E-state index in [1.54, 1.807) is 6.92 Å². The zero-order valence-corrected chi connectivity index (χ0v) is 19.3. The first-order valence-electron chi connectivity index (χ1n) is 12.1. The first-order chi connectivity index (χ1) is 12.9. The van der Waals surface area contributed by atoms with Crippen molar-refractivity contribution in [3.8, 4) is 0 Å². The maximum atomic E-state index is 12.7. The molecule has 0 radical (unpaired) electrons. The van der Waals surface area contributed by atoms with Gasteiger partial charge in [0.05, 0.1) is 6.17 Å². The van der Waals surface area contributed by atoms with E-state index in [9.17, 15) is 4.39 Å². The van der Waals surface area contributed by atoms with Crippen LogP contribution in [0.1, 0.15) is 137 Å². The van der Waals surface area contributed by atoms with Gasteiger partial charge in [-0.15, -0.1) is 0 Å². The Labute approximate surface area is 171 Å². The zero-order chi connectivity index (χ0) is 20.2. The molecule has 0 saturated carbocycles. The molecule has 0 fully saturated rings. The second-order valence-electron chi connectivity index (χ2n) is 9.80. The second-order valence-corrected chi connectivity index (χ2v) is 9.80. The standard InChI is InChI=1S/C25H51FO/c1-24(26)20-17-15-13-11-9-7-5-6-8-10-12-14-16-18-22-27-23-19-21-25(2,3)4/h24H,5-23H2,1-4H3. The van der Waals surface area contributed by atoms with Crippen molar-refractivity contribution in [2.24, 2.45) is 5.41 Å². The van der Waals surface area contributed by atoms with Crippen molar-refractivity contribution in [3.63, 3.8) is 0 Å². The summed E-state index contributed by atoms with van der Waals surface area (Å²) in [5.74, 6) is 0. The van der Waals surface area contributed by atoms with Crippen molar-refractivity contribution in [2.75, 3.05) is 13.2 Å². The summed E-state index contributed by atoms with van der Waals surface area (Å²) >= 11 is 0. The van der Waals surface area contributed by atoms with E-state index in [0.29, 0.717) is 5.41 Å². The summed E-state index contributed by atoms with van der Waals surface area (Å²) in [6.45, 7) is 10.5. The first kappa shape index (κ1) is 26.9. The first-order valence-corrected chi connectivity index (χ1v) is 12.1. The Bertz CT molecular complexity index is 283. The highest BCUT2D eigenvalue weighted by Crippen LogP contribution is 2.20. The molecule has 0 heterocycles. The van der Waals surface area contributed by atoms with E-state index in [0.717, 1.165) is 26.1 Å². The molecule has 0 saturated heterocycles. The van der Waals surface area contributed by atoms with Gasteiger partial charge in [0.1, 0.15) is 0 Å². The molecule has 0 aromatic rings. The minimum absolute atomic E-state index is 0.444. The summed E-state index contributed by atoms with van der Waals surface area (Å²) in [5, 5.41) is 0. The molecule has 0 aliphatic carbocycles. The highest BCUT2D eigenvalue weighted by molar-refractivity contribution is 4.60. The van der Waals surface area contributed by atoms with E-state index in [2.05, 4.69) is 20.8 Å². The summed E-state index contributed by atoms with van der Waals surface area (Å²) < 4.78 is 18.4. The van der Waals surface area contributed by atoms with Gasteiger partial charge in [-0.05, 0) is 38.0 Å². The van der Waals surface area contributed by atoms with Crippen LogP contribution in [-0.4, -0.2) is 19.4 Å². The summed E-state index contributed by atoms with van der Waals surface area (Å²) in [7, 11) is 0. The molecular weight excluding hydrogens is 335 g/mol. The lowest BCUT2D eigenvalue weighted by Gasteiger charge is -2.17. The van der Waals surface area contributed by atoms with E-state index in [-0.39, 0.29) is 0 Å². The zero-order valence-electron chi connectivity index (χ0n) is 19.3. The van der Waals surface area contributed by atoms with Crippen LogP contribution in [0.2, 0.25) is 0 Å². The molecule has 0 rings (SSSR count). The van der Waals surface area contributed by atoms with Crippen molar-refractivity contribution in [1.82, 2.24) is 0 Å². The van der Waals surface area contributed by atoms with Gasteiger partial charge in [0.2, 0.25) is 0 Å². The van der Waals surface area contributed by atoms with Crippen LogP contribution < -0.4 is 0 Å². The van der Waals surface area contributed by atoms with Gasteiger partial charge < -0.3 is 4.74 Å². The molecule has 27 heavy (non-hydrogen) atoms. The van der Waals surface area contributed by atoms with Gasteiger partial charge >= 0.3 is 0 Å². The molecule has 0 amide bonds. The fraction of sp³-hybridized carbons (Fsp3) is 1.00. The van der Waals surface area contributed by atoms with Crippen LogP contribution in [0.25, 0.3) is 0 Å². The van der Waals surface area contributed by atoms with Gasteiger partial charge in [0, 0.05) is 13.2 Å². The van der Waals surface area contributed by atoms with Crippen molar-refractivity contribution in [2.45, 2.75) is 143 Å². The van der Waals surface area contributed by atoms with Crippen LogP contribution in [0.3, 0.4) is 0 Å². The van der Waals surface area contributed by atoms with E-state index in [1.807, 2.05) is 0 Å². The monoisotopic (exact) mass is 386 g/mol. The van der Waals surface area contributed by atoms with Crippen molar-refractivity contribution >= 4 is 0 Å². The molecular formula is C25H51FO. The normalized spacial score (nSPS) is 13.2. The Balaban J connectivity index is 3.03. The molecule has 0 N–H and O–H groups in total. The lowest BCUT2D eigenvalue weighted by atomic mass is 9.91. The van der Waals surface area contributed by atoms with Crippen LogP contribution in [-0.2, 0) is 4.74 Å². The number of rotatable bonds is 20. The fourth-order valence-corrected chi connectivity index (χ4v) is 3.56. The highest BCUT2D eigenvalue weighted by Gasteiger charge is 2.08. The van der Waals surface area contributed by atoms with Crippen LogP contribution >= 0.6 is 0 Å². The average molecular weight is 387 g/mol. The predicted octanol–water partition coefficient (Wildman–Crippen LogP) is 9.04. The van der Waals surface area contributed by atoms with Gasteiger partial charge in [-0.1, -0.05) is 104 Å². The van der Waals surface area contributed by atoms with E-state index >= 15 is 0 Å². The molecule has 1 unspecified atom stereocenters. The number of hydrogen-bond donors (Lipinski definition) is 0. The Kier molecular flexibility index (Phi) is 19.1. The van der Waals surface area contributed by atoms with E-state index in [1.165, 1.54) is 96.3 Å². The van der Waals surface area contributed by atoms with Gasteiger partial charge in [0.25, 0.3) is 0 Å². The van der Waals surface area contributed by atoms with Gasteiger partial charge in [-0.25, -0.2) is 4.39 Å². The van der Waals surface area contributed by atoms with Crippen LogP contribution in [0, 0.1) is 5.41 Å². The molecule has 0 spiro atoms. The maximum Gasteiger partial charge on any atom is 0.0973 e. The Morgan fingerprint density at radius 1 is 0.593 bits per heavy atom. The van der Waals surface area contributed by atoms with Crippen molar-refractivity contribution in [1.29, 1.82) is 0 Å². The van der Waals surface area contributed by atoms with Crippen LogP contribution in [0.15, 0.2) is 0 Å². The van der Waals surface area contributed by atoms with Crippen LogP contribution in [0.5, 0.6) is 0 Å². The summed E-state index contributed by atoms with van der Waals surface area (Å²) in [6, 6.07) is 0. The van der Waals surface area contributed by atoms with Gasteiger partial charge in [-0.2, -0.15) is 0 Å². The minimum atomic E-state index is -0.610. The van der Waals surface area contributed by atoms with Crippen molar-refractivity contribution in [3.05, 3.63) is 0 Å². The average Bonchev–Trinajstić information content (AvgIpc) is 2.58. The Morgan fingerprint density at radius 3 is 1.37 bits per heavy atom. The van der Waals surface area contributed by atoms with Gasteiger partial charge in [-0.3, -0.25) is 0 Å². The third-order valence-electron chi connectivity index (χ3n) is 5.36. The molecule has 0 bridgehead atoms. The van der Waals surface area contributed by atoms with Crippen LogP contribution in [0.4, 0.5) is 4.39 Å². The molecule has 2 heteroatoms. The maximum absolute atomic E-state index is 12.7. The number of unbranched alkanes of at least 4 members (excludes halogenated alkanes) is 13. The molecule has 0 aliphatic rings. The number of hydrogen-bond acceptors (Lipinski definition) is 1. The third-order valence-corrected chi connectivity index (χ3v) is 5.36. The smallest absolute Gasteiger partial charge is 0.0973 e. The lowest BCUT2D eigenvalue weighted by Crippen LogP contribution is -2.07. The minimum Gasteiger partial charge on any atom is -0.381 e. The number of halogens is 1. The highest BCUT2D eigenvalue weighted by atomic mass is 19.1. The molecule has 0 aromatic carbocycles. The molecule has 164 valence electrons. The topological polar surface area (TPSA) is 9.23 Å². The quantitative estimate of drug-likeness (QED) is 0.190. The largest absolute Gasteiger partial charge is 0.381 e. The molecule has 0 aliphatic heterocycles. The summed E-state index contributed by atoms with van der Waals surface area (Å²) in [6.07, 6.45) is 21.3. The second kappa shape index (κ2) is 19.2. The fourth-order valence-electron chi connectivity index (χ4n) is 3.56. The van der Waals surface area contributed by atoms with Gasteiger partial charge in [0.15, 0.2) is 0 Å².